The number of ketones is 1. The highest BCUT2D eigenvalue weighted by atomic mass is 19.1. The third kappa shape index (κ3) is 3.71. The van der Waals surface area contributed by atoms with Gasteiger partial charge in [-0.05, 0) is 31.2 Å². The highest BCUT2D eigenvalue weighted by molar-refractivity contribution is 5.80. The summed E-state index contributed by atoms with van der Waals surface area (Å²) >= 11 is 0. The highest BCUT2D eigenvalue weighted by Crippen LogP contribution is 2.42. The number of aryl methyl sites for hydroxylation is 1. The number of aromatic nitrogens is 2. The lowest BCUT2D eigenvalue weighted by atomic mass is 9.96. The maximum Gasteiger partial charge on any atom is 0.148 e. The number of Topliss-reactive ketones (excluding diaryl/α,β-unsaturated/α-hetero) is 1. The molecule has 0 fully saturated rings. The second kappa shape index (κ2) is 8.41. The molecule has 0 bridgehead atoms. The van der Waals surface area contributed by atoms with Crippen LogP contribution in [0.25, 0.3) is 16.7 Å². The lowest BCUT2D eigenvalue weighted by Gasteiger charge is -2.15. The van der Waals surface area contributed by atoms with E-state index in [1.807, 2.05) is 41.8 Å². The number of anilines is 1. The molecule has 2 atom stereocenters. The predicted molar refractivity (Wildman–Crippen MR) is 132 cm³/mol. The fourth-order valence-corrected chi connectivity index (χ4v) is 5.21. The Morgan fingerprint density at radius 1 is 1.11 bits per heavy atom. The normalized spacial score (nSPS) is 18.1. The Hall–Kier alpha value is -3.87. The Kier molecular flexibility index (Phi) is 5.20. The fourth-order valence-electron chi connectivity index (χ4n) is 5.21. The lowest BCUT2D eigenvalue weighted by Crippen LogP contribution is -2.11. The molecule has 0 saturated heterocycles. The van der Waals surface area contributed by atoms with Crippen molar-refractivity contribution in [1.29, 1.82) is 0 Å². The molecule has 2 unspecified atom stereocenters. The first-order valence-electron chi connectivity index (χ1n) is 12.0. The number of imidazole rings is 1. The van der Waals surface area contributed by atoms with Gasteiger partial charge in [0.25, 0.3) is 0 Å². The first-order valence-corrected chi connectivity index (χ1v) is 12.0. The van der Waals surface area contributed by atoms with Gasteiger partial charge >= 0.3 is 0 Å². The Morgan fingerprint density at radius 2 is 2.00 bits per heavy atom. The van der Waals surface area contributed by atoms with E-state index in [0.29, 0.717) is 26.1 Å². The van der Waals surface area contributed by atoms with Crippen molar-refractivity contribution in [2.45, 2.75) is 38.6 Å². The standard InChI is InChI=1S/C28H26FN3O3/c1-3-27-31-22-10-7-18(29)12-25(22)32(27)24-6-4-5-21-23(15-35-28(21)24)30-19-8-9-20-17(11-16(2)33)14-34-26(20)13-19/h4-10,12-13,17,23,30H,3,11,14-15H2,1-2H3. The minimum absolute atomic E-state index is 0.0472. The van der Waals surface area contributed by atoms with Crippen molar-refractivity contribution >= 4 is 22.5 Å². The molecule has 0 radical (unpaired) electrons. The van der Waals surface area contributed by atoms with Crippen LogP contribution in [0.3, 0.4) is 0 Å². The fraction of sp³-hybridized carbons (Fsp3) is 0.286. The van der Waals surface area contributed by atoms with Crippen LogP contribution in [-0.4, -0.2) is 28.5 Å². The first-order chi connectivity index (χ1) is 17.0. The van der Waals surface area contributed by atoms with E-state index < -0.39 is 0 Å². The number of hydrogen-bond donors (Lipinski definition) is 1. The average molecular weight is 472 g/mol. The largest absolute Gasteiger partial charge is 0.493 e. The molecule has 3 heterocycles. The molecule has 178 valence electrons. The third-order valence-electron chi connectivity index (χ3n) is 6.81. The summed E-state index contributed by atoms with van der Waals surface area (Å²) in [5.74, 6) is 2.46. The van der Waals surface area contributed by atoms with Gasteiger partial charge in [0.2, 0.25) is 0 Å². The van der Waals surface area contributed by atoms with Crippen LogP contribution in [-0.2, 0) is 11.2 Å². The number of hydrogen-bond acceptors (Lipinski definition) is 5. The van der Waals surface area contributed by atoms with Gasteiger partial charge < -0.3 is 19.6 Å². The van der Waals surface area contributed by atoms with Gasteiger partial charge in [-0.25, -0.2) is 9.37 Å². The van der Waals surface area contributed by atoms with Gasteiger partial charge in [0.15, 0.2) is 0 Å². The zero-order chi connectivity index (χ0) is 24.1. The molecule has 35 heavy (non-hydrogen) atoms. The van der Waals surface area contributed by atoms with E-state index in [1.54, 1.807) is 13.0 Å². The second-order valence-electron chi connectivity index (χ2n) is 9.22. The molecule has 1 aromatic heterocycles. The summed E-state index contributed by atoms with van der Waals surface area (Å²) in [6.07, 6.45) is 1.21. The molecule has 6 nitrogen and oxygen atoms in total. The van der Waals surface area contributed by atoms with Crippen molar-refractivity contribution in [3.05, 3.63) is 77.4 Å². The molecule has 1 N–H and O–H groups in total. The molecule has 0 aliphatic carbocycles. The minimum atomic E-state index is -0.293. The van der Waals surface area contributed by atoms with E-state index in [1.165, 1.54) is 12.1 Å². The summed E-state index contributed by atoms with van der Waals surface area (Å²) in [6.45, 7) is 4.67. The zero-order valence-electron chi connectivity index (χ0n) is 19.7. The van der Waals surface area contributed by atoms with Crippen molar-refractivity contribution in [1.82, 2.24) is 9.55 Å². The Morgan fingerprint density at radius 3 is 2.83 bits per heavy atom. The number of nitrogens with zero attached hydrogens (tertiary/aromatic N) is 2. The van der Waals surface area contributed by atoms with Gasteiger partial charge in [-0.2, -0.15) is 0 Å². The van der Waals surface area contributed by atoms with Crippen molar-refractivity contribution in [3.63, 3.8) is 0 Å². The van der Waals surface area contributed by atoms with E-state index in [9.17, 15) is 9.18 Å². The molecule has 3 aromatic carbocycles. The Bertz CT molecular complexity index is 1460. The number of nitrogens with one attached hydrogen (secondary N) is 1. The summed E-state index contributed by atoms with van der Waals surface area (Å²) in [6, 6.07) is 16.8. The predicted octanol–water partition coefficient (Wildman–Crippen LogP) is 5.73. The van der Waals surface area contributed by atoms with Gasteiger partial charge in [0.1, 0.15) is 35.5 Å². The number of ether oxygens (including phenoxy) is 2. The number of halogens is 1. The Labute approximate surface area is 202 Å². The van der Waals surface area contributed by atoms with Gasteiger partial charge in [-0.1, -0.05) is 25.1 Å². The molecular formula is C28H26FN3O3. The highest BCUT2D eigenvalue weighted by Gasteiger charge is 2.30. The number of benzene rings is 3. The van der Waals surface area contributed by atoms with E-state index in [2.05, 4.69) is 11.4 Å². The van der Waals surface area contributed by atoms with E-state index in [-0.39, 0.29) is 23.6 Å². The van der Waals surface area contributed by atoms with Gasteiger partial charge in [-0.15, -0.1) is 0 Å². The van der Waals surface area contributed by atoms with Crippen molar-refractivity contribution < 1.29 is 18.7 Å². The van der Waals surface area contributed by atoms with Crippen LogP contribution < -0.4 is 14.8 Å². The number of para-hydroxylation sites is 1. The van der Waals surface area contributed by atoms with Crippen LogP contribution in [0.1, 0.15) is 49.2 Å². The first kappa shape index (κ1) is 21.6. The van der Waals surface area contributed by atoms with Crippen LogP contribution >= 0.6 is 0 Å². The maximum atomic E-state index is 14.1. The summed E-state index contributed by atoms with van der Waals surface area (Å²) in [5.41, 5.74) is 5.41. The number of carbonyl (C=O) groups excluding carboxylic acids is 1. The molecule has 7 heteroatoms. The SMILES string of the molecule is CCc1nc2ccc(F)cc2n1-c1cccc2c1OCC2Nc1ccc2c(c1)OCC2CC(C)=O. The van der Waals surface area contributed by atoms with Crippen LogP contribution in [0.4, 0.5) is 10.1 Å². The van der Waals surface area contributed by atoms with E-state index in [0.717, 1.165) is 50.9 Å². The quantitative estimate of drug-likeness (QED) is 0.389. The van der Waals surface area contributed by atoms with Gasteiger partial charge in [0, 0.05) is 47.7 Å². The van der Waals surface area contributed by atoms with Gasteiger partial charge in [0.05, 0.1) is 29.4 Å². The van der Waals surface area contributed by atoms with Crippen molar-refractivity contribution in [2.75, 3.05) is 18.5 Å². The average Bonchev–Trinajstić information content (AvgIpc) is 3.54. The molecule has 4 aromatic rings. The van der Waals surface area contributed by atoms with Crippen LogP contribution in [0, 0.1) is 5.82 Å². The number of carbonyl (C=O) groups is 1. The molecule has 2 aliphatic rings. The molecule has 0 saturated carbocycles. The van der Waals surface area contributed by atoms with Gasteiger partial charge in [-0.3, -0.25) is 4.57 Å². The topological polar surface area (TPSA) is 65.4 Å². The maximum absolute atomic E-state index is 14.1. The third-order valence-corrected chi connectivity index (χ3v) is 6.81. The van der Waals surface area contributed by atoms with Crippen LogP contribution in [0.15, 0.2) is 54.6 Å². The molecular weight excluding hydrogens is 445 g/mol. The summed E-state index contributed by atoms with van der Waals surface area (Å²) < 4.78 is 28.2. The number of fused-ring (bicyclic) bond motifs is 3. The number of rotatable bonds is 6. The van der Waals surface area contributed by atoms with Crippen molar-refractivity contribution in [2.24, 2.45) is 0 Å². The summed E-state index contributed by atoms with van der Waals surface area (Å²) in [4.78, 5) is 16.3. The zero-order valence-corrected chi connectivity index (χ0v) is 19.7. The van der Waals surface area contributed by atoms with E-state index >= 15 is 0 Å². The minimum Gasteiger partial charge on any atom is -0.493 e. The molecule has 6 rings (SSSR count). The molecule has 0 spiro atoms. The molecule has 2 aliphatic heterocycles. The van der Waals surface area contributed by atoms with Crippen LogP contribution in [0.5, 0.6) is 11.5 Å². The summed E-state index contributed by atoms with van der Waals surface area (Å²) in [7, 11) is 0. The van der Waals surface area contributed by atoms with E-state index in [4.69, 9.17) is 14.5 Å². The van der Waals surface area contributed by atoms with Crippen LogP contribution in [0.2, 0.25) is 0 Å². The lowest BCUT2D eigenvalue weighted by molar-refractivity contribution is -0.117. The Balaban J connectivity index is 1.33. The monoisotopic (exact) mass is 471 g/mol. The molecule has 0 amide bonds. The van der Waals surface area contributed by atoms with Crippen molar-refractivity contribution in [3.8, 4) is 17.2 Å². The second-order valence-corrected chi connectivity index (χ2v) is 9.22. The summed E-state index contributed by atoms with van der Waals surface area (Å²) in [5, 5.41) is 3.57. The smallest absolute Gasteiger partial charge is 0.148 e.